The Morgan fingerprint density at radius 3 is 2.42 bits per heavy atom. The van der Waals surface area contributed by atoms with Gasteiger partial charge in [0.25, 0.3) is 5.91 Å². The van der Waals surface area contributed by atoms with E-state index in [1.54, 1.807) is 23.1 Å². The number of carbonyl (C=O) groups is 2. The Morgan fingerprint density at radius 2 is 1.83 bits per heavy atom. The van der Waals surface area contributed by atoms with Crippen LogP contribution in [0, 0.1) is 0 Å². The Hall–Kier alpha value is -2.82. The normalized spacial score (nSPS) is 10.3. The molecule has 0 aliphatic rings. The van der Waals surface area contributed by atoms with Gasteiger partial charge in [-0.25, -0.2) is 0 Å². The number of benzene rings is 2. The van der Waals surface area contributed by atoms with Crippen molar-refractivity contribution >= 4 is 17.9 Å². The summed E-state index contributed by atoms with van der Waals surface area (Å²) >= 11 is 0. The maximum absolute atomic E-state index is 12.6. The number of anilines is 1. The average Bonchev–Trinajstić information content (AvgIpc) is 2.60. The van der Waals surface area contributed by atoms with E-state index >= 15 is 0 Å². The molecular formula is C19H21NO4. The molecule has 2 rings (SSSR count). The third-order valence-corrected chi connectivity index (χ3v) is 3.49. The predicted molar refractivity (Wildman–Crippen MR) is 92.9 cm³/mol. The summed E-state index contributed by atoms with van der Waals surface area (Å²) in [4.78, 5) is 25.1. The minimum atomic E-state index is -0.155. The largest absolute Gasteiger partial charge is 0.493 e. The molecule has 24 heavy (non-hydrogen) atoms. The number of hydrogen-bond donors (Lipinski definition) is 0. The standard InChI is InChI=1S/C19H21NO4/c1-14(2)20(16-7-5-4-6-8-16)19(22)13-24-17-10-9-15(12-21)11-18(17)23-3/h4-12,14H,13H2,1-3H3. The molecule has 0 aromatic heterocycles. The van der Waals surface area contributed by atoms with Crippen molar-refractivity contribution < 1.29 is 19.1 Å². The lowest BCUT2D eigenvalue weighted by molar-refractivity contribution is -0.120. The Morgan fingerprint density at radius 1 is 1.12 bits per heavy atom. The van der Waals surface area contributed by atoms with Gasteiger partial charge in [0.1, 0.15) is 6.29 Å². The summed E-state index contributed by atoms with van der Waals surface area (Å²) in [5.41, 5.74) is 1.31. The van der Waals surface area contributed by atoms with Gasteiger partial charge in [-0.1, -0.05) is 18.2 Å². The quantitative estimate of drug-likeness (QED) is 0.732. The molecule has 1 amide bonds. The van der Waals surface area contributed by atoms with Crippen LogP contribution < -0.4 is 14.4 Å². The highest BCUT2D eigenvalue weighted by Gasteiger charge is 2.20. The van der Waals surface area contributed by atoms with E-state index in [0.717, 1.165) is 12.0 Å². The van der Waals surface area contributed by atoms with Crippen molar-refractivity contribution in [1.82, 2.24) is 0 Å². The van der Waals surface area contributed by atoms with Crippen molar-refractivity contribution in [3.63, 3.8) is 0 Å². The second kappa shape index (κ2) is 8.15. The fourth-order valence-electron chi connectivity index (χ4n) is 2.40. The number of aldehydes is 1. The Bertz CT molecular complexity index is 698. The maximum atomic E-state index is 12.6. The van der Waals surface area contributed by atoms with Gasteiger partial charge < -0.3 is 14.4 Å². The van der Waals surface area contributed by atoms with Crippen LogP contribution in [0.25, 0.3) is 0 Å². The number of ether oxygens (including phenoxy) is 2. The molecule has 0 saturated carbocycles. The van der Waals surface area contributed by atoms with Gasteiger partial charge in [-0.15, -0.1) is 0 Å². The molecule has 5 heteroatoms. The van der Waals surface area contributed by atoms with Gasteiger partial charge in [-0.2, -0.15) is 0 Å². The minimum absolute atomic E-state index is 0.00262. The van der Waals surface area contributed by atoms with Gasteiger partial charge in [0.2, 0.25) is 0 Å². The summed E-state index contributed by atoms with van der Waals surface area (Å²) < 4.78 is 10.8. The Labute approximate surface area is 141 Å². The second-order valence-electron chi connectivity index (χ2n) is 5.51. The topological polar surface area (TPSA) is 55.8 Å². The molecule has 0 spiro atoms. The van der Waals surface area contributed by atoms with E-state index in [1.165, 1.54) is 7.11 Å². The summed E-state index contributed by atoms with van der Waals surface area (Å²) in [5, 5.41) is 0. The molecule has 0 aliphatic heterocycles. The fraction of sp³-hybridized carbons (Fsp3) is 0.263. The first-order valence-electron chi connectivity index (χ1n) is 7.70. The van der Waals surface area contributed by atoms with E-state index < -0.39 is 0 Å². The molecule has 5 nitrogen and oxygen atoms in total. The Kier molecular flexibility index (Phi) is 5.95. The summed E-state index contributed by atoms with van der Waals surface area (Å²) in [6.07, 6.45) is 0.730. The van der Waals surface area contributed by atoms with Gasteiger partial charge in [-0.05, 0) is 44.2 Å². The fourth-order valence-corrected chi connectivity index (χ4v) is 2.40. The smallest absolute Gasteiger partial charge is 0.265 e. The van der Waals surface area contributed by atoms with E-state index in [0.29, 0.717) is 17.1 Å². The van der Waals surface area contributed by atoms with Crippen LogP contribution in [-0.4, -0.2) is 32.0 Å². The lowest BCUT2D eigenvalue weighted by Gasteiger charge is -2.27. The molecule has 0 N–H and O–H groups in total. The van der Waals surface area contributed by atoms with Crippen LogP contribution in [0.2, 0.25) is 0 Å². The highest BCUT2D eigenvalue weighted by atomic mass is 16.5. The molecule has 0 heterocycles. The van der Waals surface area contributed by atoms with Crippen LogP contribution >= 0.6 is 0 Å². The molecule has 0 unspecified atom stereocenters. The summed E-state index contributed by atoms with van der Waals surface area (Å²) in [5.74, 6) is 0.689. The molecule has 0 atom stereocenters. The lowest BCUT2D eigenvalue weighted by Crippen LogP contribution is -2.40. The molecular weight excluding hydrogens is 306 g/mol. The van der Waals surface area contributed by atoms with Crippen LogP contribution in [0.3, 0.4) is 0 Å². The van der Waals surface area contributed by atoms with Gasteiger partial charge in [0.15, 0.2) is 18.1 Å². The monoisotopic (exact) mass is 327 g/mol. The first kappa shape index (κ1) is 17.5. The van der Waals surface area contributed by atoms with E-state index in [9.17, 15) is 9.59 Å². The molecule has 0 fully saturated rings. The zero-order valence-corrected chi connectivity index (χ0v) is 14.1. The second-order valence-corrected chi connectivity index (χ2v) is 5.51. The van der Waals surface area contributed by atoms with Gasteiger partial charge >= 0.3 is 0 Å². The zero-order valence-electron chi connectivity index (χ0n) is 14.1. The van der Waals surface area contributed by atoms with Crippen LogP contribution in [-0.2, 0) is 4.79 Å². The first-order valence-corrected chi connectivity index (χ1v) is 7.70. The van der Waals surface area contributed by atoms with Crippen molar-refractivity contribution in [3.8, 4) is 11.5 Å². The predicted octanol–water partition coefficient (Wildman–Crippen LogP) is 3.33. The van der Waals surface area contributed by atoms with Crippen LogP contribution in [0.5, 0.6) is 11.5 Å². The number of carbonyl (C=O) groups excluding carboxylic acids is 2. The van der Waals surface area contributed by atoms with Gasteiger partial charge in [-0.3, -0.25) is 9.59 Å². The minimum Gasteiger partial charge on any atom is -0.493 e. The van der Waals surface area contributed by atoms with E-state index in [4.69, 9.17) is 9.47 Å². The zero-order chi connectivity index (χ0) is 17.5. The Balaban J connectivity index is 2.13. The highest BCUT2D eigenvalue weighted by molar-refractivity contribution is 5.95. The summed E-state index contributed by atoms with van der Waals surface area (Å²) in [6.45, 7) is 3.78. The van der Waals surface area contributed by atoms with E-state index in [1.807, 2.05) is 44.2 Å². The van der Waals surface area contributed by atoms with Gasteiger partial charge in [0.05, 0.1) is 7.11 Å². The number of amides is 1. The van der Waals surface area contributed by atoms with Crippen molar-refractivity contribution in [2.75, 3.05) is 18.6 Å². The number of para-hydroxylation sites is 1. The maximum Gasteiger partial charge on any atom is 0.265 e. The molecule has 0 aliphatic carbocycles. The average molecular weight is 327 g/mol. The first-order chi connectivity index (χ1) is 11.6. The van der Waals surface area contributed by atoms with E-state index in [-0.39, 0.29) is 18.6 Å². The third kappa shape index (κ3) is 4.13. The number of methoxy groups -OCH3 is 1. The van der Waals surface area contributed by atoms with Crippen molar-refractivity contribution in [3.05, 3.63) is 54.1 Å². The third-order valence-electron chi connectivity index (χ3n) is 3.49. The van der Waals surface area contributed by atoms with Crippen LogP contribution in [0.1, 0.15) is 24.2 Å². The van der Waals surface area contributed by atoms with Crippen molar-refractivity contribution in [2.45, 2.75) is 19.9 Å². The number of rotatable bonds is 7. The molecule has 0 bridgehead atoms. The van der Waals surface area contributed by atoms with E-state index in [2.05, 4.69) is 0 Å². The molecule has 2 aromatic carbocycles. The van der Waals surface area contributed by atoms with Crippen molar-refractivity contribution in [1.29, 1.82) is 0 Å². The molecule has 0 saturated heterocycles. The van der Waals surface area contributed by atoms with Crippen LogP contribution in [0.15, 0.2) is 48.5 Å². The number of hydrogen-bond acceptors (Lipinski definition) is 4. The summed E-state index contributed by atoms with van der Waals surface area (Å²) in [7, 11) is 1.49. The van der Waals surface area contributed by atoms with Crippen LogP contribution in [0.4, 0.5) is 5.69 Å². The SMILES string of the molecule is COc1cc(C=O)ccc1OCC(=O)N(c1ccccc1)C(C)C. The summed E-state index contributed by atoms with van der Waals surface area (Å²) in [6, 6.07) is 14.3. The lowest BCUT2D eigenvalue weighted by atomic mass is 10.2. The van der Waals surface area contributed by atoms with Crippen molar-refractivity contribution in [2.24, 2.45) is 0 Å². The molecule has 126 valence electrons. The highest BCUT2D eigenvalue weighted by Crippen LogP contribution is 2.28. The molecule has 2 aromatic rings. The van der Waals surface area contributed by atoms with Gasteiger partial charge in [0, 0.05) is 17.3 Å². The number of nitrogens with zero attached hydrogens (tertiary/aromatic N) is 1. The molecule has 0 radical (unpaired) electrons.